The third kappa shape index (κ3) is 3.22. The highest BCUT2D eigenvalue weighted by Crippen LogP contribution is 2.18. The molecular weight excluding hydrogens is 252 g/mol. The van der Waals surface area contributed by atoms with Crippen LogP contribution in [-0.2, 0) is 9.84 Å². The molecule has 0 spiro atoms. The molecule has 0 fully saturated rings. The van der Waals surface area contributed by atoms with Gasteiger partial charge in [0, 0.05) is 30.6 Å². The molecule has 1 rings (SSSR count). The number of carbonyl (C=O) groups excluding carboxylic acids is 1. The first-order chi connectivity index (χ1) is 8.12. The molecule has 0 aliphatic carbocycles. The molecule has 0 aliphatic rings. The standard InChI is InChI=1S/C12H18N2O3S/c1-8(2)14(3)12(15)9-5-10(13)7-11(6-9)18(4,16)17/h5-8H,13H2,1-4H3. The topological polar surface area (TPSA) is 80.5 Å². The van der Waals surface area contributed by atoms with Crippen molar-refractivity contribution in [2.45, 2.75) is 24.8 Å². The van der Waals surface area contributed by atoms with Crippen molar-refractivity contribution in [2.75, 3.05) is 19.0 Å². The predicted octanol–water partition coefficient (Wildman–Crippen LogP) is 1.15. The normalized spacial score (nSPS) is 11.6. The summed E-state index contributed by atoms with van der Waals surface area (Å²) in [5.74, 6) is -0.248. The first kappa shape index (κ1) is 14.5. The summed E-state index contributed by atoms with van der Waals surface area (Å²) in [6.07, 6.45) is 1.09. The smallest absolute Gasteiger partial charge is 0.253 e. The van der Waals surface area contributed by atoms with Crippen LogP contribution in [0.4, 0.5) is 5.69 Å². The lowest BCUT2D eigenvalue weighted by Gasteiger charge is -2.21. The van der Waals surface area contributed by atoms with Crippen LogP contribution in [0, 0.1) is 0 Å². The second kappa shape index (κ2) is 4.97. The zero-order valence-corrected chi connectivity index (χ0v) is 11.8. The maximum absolute atomic E-state index is 12.1. The molecule has 100 valence electrons. The summed E-state index contributed by atoms with van der Waals surface area (Å²) in [4.78, 5) is 13.7. The summed E-state index contributed by atoms with van der Waals surface area (Å²) in [7, 11) is -1.72. The number of nitrogen functional groups attached to an aromatic ring is 1. The van der Waals surface area contributed by atoms with E-state index < -0.39 is 9.84 Å². The molecule has 18 heavy (non-hydrogen) atoms. The fourth-order valence-corrected chi connectivity index (χ4v) is 2.09. The Morgan fingerprint density at radius 2 is 1.83 bits per heavy atom. The van der Waals surface area contributed by atoms with Crippen LogP contribution in [0.3, 0.4) is 0 Å². The number of amides is 1. The Balaban J connectivity index is 3.27. The zero-order chi connectivity index (χ0) is 14.1. The second-order valence-electron chi connectivity index (χ2n) is 4.57. The minimum absolute atomic E-state index is 0.0283. The van der Waals surface area contributed by atoms with Crippen LogP contribution in [0.25, 0.3) is 0 Å². The highest BCUT2D eigenvalue weighted by atomic mass is 32.2. The average Bonchev–Trinajstić information content (AvgIpc) is 2.24. The monoisotopic (exact) mass is 270 g/mol. The van der Waals surface area contributed by atoms with Crippen molar-refractivity contribution in [3.63, 3.8) is 0 Å². The summed E-state index contributed by atoms with van der Waals surface area (Å²) in [6.45, 7) is 3.75. The SMILES string of the molecule is CC(C)N(C)C(=O)c1cc(N)cc(S(C)(=O)=O)c1. The van der Waals surface area contributed by atoms with Crippen LogP contribution in [0.2, 0.25) is 0 Å². The molecule has 0 unspecified atom stereocenters. The van der Waals surface area contributed by atoms with Gasteiger partial charge in [0.2, 0.25) is 0 Å². The van der Waals surface area contributed by atoms with Gasteiger partial charge in [-0.15, -0.1) is 0 Å². The lowest BCUT2D eigenvalue weighted by atomic mass is 10.1. The van der Waals surface area contributed by atoms with E-state index in [2.05, 4.69) is 0 Å². The van der Waals surface area contributed by atoms with E-state index in [4.69, 9.17) is 5.73 Å². The van der Waals surface area contributed by atoms with Gasteiger partial charge >= 0.3 is 0 Å². The first-order valence-corrected chi connectivity index (χ1v) is 7.40. The van der Waals surface area contributed by atoms with E-state index in [0.717, 1.165) is 6.26 Å². The second-order valence-corrected chi connectivity index (χ2v) is 6.59. The van der Waals surface area contributed by atoms with Gasteiger partial charge in [0.05, 0.1) is 4.90 Å². The van der Waals surface area contributed by atoms with E-state index in [1.54, 1.807) is 7.05 Å². The van der Waals surface area contributed by atoms with Crippen LogP contribution in [-0.4, -0.2) is 38.6 Å². The average molecular weight is 270 g/mol. The van der Waals surface area contributed by atoms with E-state index in [0.29, 0.717) is 0 Å². The van der Waals surface area contributed by atoms with Gasteiger partial charge in [-0.25, -0.2) is 8.42 Å². The summed E-state index contributed by atoms with van der Waals surface area (Å²) < 4.78 is 23.0. The van der Waals surface area contributed by atoms with Crippen molar-refractivity contribution in [3.05, 3.63) is 23.8 Å². The molecular formula is C12H18N2O3S. The van der Waals surface area contributed by atoms with Gasteiger partial charge in [0.1, 0.15) is 0 Å². The Labute approximate surface area is 108 Å². The number of rotatable bonds is 3. The lowest BCUT2D eigenvalue weighted by molar-refractivity contribution is 0.0754. The Hall–Kier alpha value is -1.56. The minimum Gasteiger partial charge on any atom is -0.399 e. The number of anilines is 1. The van der Waals surface area contributed by atoms with E-state index in [9.17, 15) is 13.2 Å². The maximum atomic E-state index is 12.1. The number of carbonyl (C=O) groups is 1. The van der Waals surface area contributed by atoms with Crippen LogP contribution >= 0.6 is 0 Å². The molecule has 1 amide bonds. The third-order valence-electron chi connectivity index (χ3n) is 2.70. The van der Waals surface area contributed by atoms with Crippen molar-refractivity contribution in [1.29, 1.82) is 0 Å². The minimum atomic E-state index is -3.38. The number of nitrogens with zero attached hydrogens (tertiary/aromatic N) is 1. The number of hydrogen-bond donors (Lipinski definition) is 1. The van der Waals surface area contributed by atoms with Gasteiger partial charge in [-0.1, -0.05) is 0 Å². The van der Waals surface area contributed by atoms with Crippen LogP contribution in [0.15, 0.2) is 23.1 Å². The van der Waals surface area contributed by atoms with Crippen molar-refractivity contribution in [3.8, 4) is 0 Å². The summed E-state index contributed by atoms with van der Waals surface area (Å²) in [6, 6.07) is 4.21. The molecule has 0 bridgehead atoms. The predicted molar refractivity (Wildman–Crippen MR) is 71.2 cm³/mol. The zero-order valence-electron chi connectivity index (χ0n) is 11.0. The Morgan fingerprint density at radius 3 is 2.28 bits per heavy atom. The van der Waals surface area contributed by atoms with Crippen molar-refractivity contribution in [1.82, 2.24) is 4.90 Å². The van der Waals surface area contributed by atoms with Crippen LogP contribution < -0.4 is 5.73 Å². The Kier molecular flexibility index (Phi) is 4.01. The van der Waals surface area contributed by atoms with Crippen molar-refractivity contribution >= 4 is 21.4 Å². The number of hydrogen-bond acceptors (Lipinski definition) is 4. The van der Waals surface area contributed by atoms with Gasteiger partial charge in [0.25, 0.3) is 5.91 Å². The molecule has 0 aliphatic heterocycles. The molecule has 0 radical (unpaired) electrons. The van der Waals surface area contributed by atoms with E-state index >= 15 is 0 Å². The Bertz CT molecular complexity index is 565. The molecule has 0 aromatic heterocycles. The largest absolute Gasteiger partial charge is 0.399 e. The highest BCUT2D eigenvalue weighted by Gasteiger charge is 2.17. The lowest BCUT2D eigenvalue weighted by Crippen LogP contribution is -2.33. The fourth-order valence-electron chi connectivity index (χ4n) is 1.40. The summed E-state index contributed by atoms with van der Waals surface area (Å²) >= 11 is 0. The van der Waals surface area contributed by atoms with Crippen LogP contribution in [0.5, 0.6) is 0 Å². The van der Waals surface area contributed by atoms with E-state index in [-0.39, 0.29) is 28.1 Å². The molecule has 1 aromatic carbocycles. The molecule has 6 heteroatoms. The molecule has 0 saturated heterocycles. The summed E-state index contributed by atoms with van der Waals surface area (Å²) in [5.41, 5.74) is 6.18. The first-order valence-electron chi connectivity index (χ1n) is 5.50. The van der Waals surface area contributed by atoms with Crippen LogP contribution in [0.1, 0.15) is 24.2 Å². The molecule has 0 saturated carbocycles. The van der Waals surface area contributed by atoms with Crippen molar-refractivity contribution < 1.29 is 13.2 Å². The van der Waals surface area contributed by atoms with E-state index in [1.165, 1.54) is 23.1 Å². The third-order valence-corrected chi connectivity index (χ3v) is 3.79. The van der Waals surface area contributed by atoms with Gasteiger partial charge in [-0.2, -0.15) is 0 Å². The molecule has 5 nitrogen and oxygen atoms in total. The van der Waals surface area contributed by atoms with Gasteiger partial charge in [-0.3, -0.25) is 4.79 Å². The molecule has 0 heterocycles. The number of sulfone groups is 1. The molecule has 2 N–H and O–H groups in total. The van der Waals surface area contributed by atoms with Gasteiger partial charge < -0.3 is 10.6 Å². The Morgan fingerprint density at radius 1 is 1.28 bits per heavy atom. The highest BCUT2D eigenvalue weighted by molar-refractivity contribution is 7.90. The van der Waals surface area contributed by atoms with E-state index in [1.807, 2.05) is 13.8 Å². The quantitative estimate of drug-likeness (QED) is 0.836. The molecule has 1 aromatic rings. The van der Waals surface area contributed by atoms with Crippen molar-refractivity contribution in [2.24, 2.45) is 0 Å². The number of nitrogens with two attached hydrogens (primary N) is 1. The molecule has 0 atom stereocenters. The van der Waals surface area contributed by atoms with Gasteiger partial charge in [0.15, 0.2) is 9.84 Å². The summed E-state index contributed by atoms with van der Waals surface area (Å²) in [5, 5.41) is 0. The van der Waals surface area contributed by atoms with Gasteiger partial charge in [-0.05, 0) is 32.0 Å². The fraction of sp³-hybridized carbons (Fsp3) is 0.417. The number of benzene rings is 1. The maximum Gasteiger partial charge on any atom is 0.253 e.